The van der Waals surface area contributed by atoms with Gasteiger partial charge in [0.05, 0.1) is 6.61 Å². The summed E-state index contributed by atoms with van der Waals surface area (Å²) in [6.45, 7) is 0.444. The number of ether oxygens (including phenoxy) is 1. The van der Waals surface area contributed by atoms with E-state index in [1.165, 1.54) is 0 Å². The number of carbonyl (C=O) groups excluding carboxylic acids is 2. The second-order valence-corrected chi connectivity index (χ2v) is 3.02. The maximum atomic E-state index is 11.1. The van der Waals surface area contributed by atoms with E-state index in [0.29, 0.717) is 25.9 Å². The van der Waals surface area contributed by atoms with Crippen LogP contribution >= 0.6 is 0 Å². The number of esters is 1. The molecule has 0 aliphatic carbocycles. The molecule has 0 aromatic carbocycles. The van der Waals surface area contributed by atoms with Crippen LogP contribution in [0.25, 0.3) is 0 Å². The number of cyclic esters (lactones) is 1. The Kier molecular flexibility index (Phi) is 1.19. The van der Waals surface area contributed by atoms with Crippen LogP contribution in [0.5, 0.6) is 0 Å². The summed E-state index contributed by atoms with van der Waals surface area (Å²) in [4.78, 5) is 21.9. The summed E-state index contributed by atoms with van der Waals surface area (Å²) < 4.78 is 4.79. The third-order valence-corrected chi connectivity index (χ3v) is 2.31. The van der Waals surface area contributed by atoms with Crippen LogP contribution in [0.4, 0.5) is 0 Å². The molecule has 0 bridgehead atoms. The molecule has 60 valence electrons. The van der Waals surface area contributed by atoms with Gasteiger partial charge in [0.1, 0.15) is 5.54 Å². The molecule has 0 unspecified atom stereocenters. The van der Waals surface area contributed by atoms with E-state index in [9.17, 15) is 9.59 Å². The zero-order valence-corrected chi connectivity index (χ0v) is 6.05. The molecule has 2 saturated heterocycles. The molecule has 1 atom stereocenters. The maximum Gasteiger partial charge on any atom is 0.332 e. The van der Waals surface area contributed by atoms with Crippen LogP contribution in [0.2, 0.25) is 0 Å². The van der Waals surface area contributed by atoms with Gasteiger partial charge in [-0.1, -0.05) is 0 Å². The summed E-state index contributed by atoms with van der Waals surface area (Å²) in [6, 6.07) is 0. The summed E-state index contributed by atoms with van der Waals surface area (Å²) in [6.07, 6.45) is 1.69. The molecule has 1 N–H and O–H groups in total. The largest absolute Gasteiger partial charge is 0.464 e. The molecule has 1 spiro atoms. The Hall–Kier alpha value is -1.06. The third kappa shape index (κ3) is 0.818. The minimum absolute atomic E-state index is 0.0381. The van der Waals surface area contributed by atoms with E-state index < -0.39 is 5.54 Å². The van der Waals surface area contributed by atoms with Gasteiger partial charge in [0, 0.05) is 12.8 Å². The van der Waals surface area contributed by atoms with E-state index in [-0.39, 0.29) is 11.9 Å². The molecule has 2 aliphatic rings. The number of hydrogen-bond acceptors (Lipinski definition) is 3. The molecule has 1 amide bonds. The number of nitrogens with one attached hydrogen (secondary N) is 1. The molecule has 0 aromatic heterocycles. The molecule has 0 aromatic rings. The number of carbonyl (C=O) groups is 2. The molecule has 2 heterocycles. The zero-order valence-electron chi connectivity index (χ0n) is 6.05. The third-order valence-electron chi connectivity index (χ3n) is 2.31. The van der Waals surface area contributed by atoms with E-state index in [0.717, 1.165) is 0 Å². The van der Waals surface area contributed by atoms with Gasteiger partial charge in [-0.25, -0.2) is 4.79 Å². The van der Waals surface area contributed by atoms with Crippen molar-refractivity contribution in [2.45, 2.75) is 24.8 Å². The van der Waals surface area contributed by atoms with Crippen molar-refractivity contribution in [2.24, 2.45) is 0 Å². The van der Waals surface area contributed by atoms with E-state index >= 15 is 0 Å². The summed E-state index contributed by atoms with van der Waals surface area (Å²) >= 11 is 0. The fourth-order valence-corrected chi connectivity index (χ4v) is 1.62. The summed E-state index contributed by atoms with van der Waals surface area (Å²) in [5, 5.41) is 2.67. The molecule has 0 radical (unpaired) electrons. The lowest BCUT2D eigenvalue weighted by molar-refractivity contribution is -0.143. The maximum absolute atomic E-state index is 11.1. The fourth-order valence-electron chi connectivity index (χ4n) is 1.62. The second kappa shape index (κ2) is 1.96. The highest BCUT2D eigenvalue weighted by atomic mass is 16.5. The summed E-state index contributed by atoms with van der Waals surface area (Å²) in [5.74, 6) is -0.299. The Bertz CT molecular complexity index is 226. The van der Waals surface area contributed by atoms with Crippen molar-refractivity contribution in [1.82, 2.24) is 5.32 Å². The lowest BCUT2D eigenvalue weighted by atomic mass is 9.96. The molecule has 4 heteroatoms. The van der Waals surface area contributed by atoms with Crippen LogP contribution in [0.3, 0.4) is 0 Å². The van der Waals surface area contributed by atoms with Crippen molar-refractivity contribution in [1.29, 1.82) is 0 Å². The number of rotatable bonds is 0. The first kappa shape index (κ1) is 6.64. The fraction of sp³-hybridized carbons (Fsp3) is 0.714. The van der Waals surface area contributed by atoms with E-state index in [2.05, 4.69) is 5.32 Å². The first-order valence-electron chi connectivity index (χ1n) is 3.71. The molecule has 0 saturated carbocycles. The van der Waals surface area contributed by atoms with Crippen LogP contribution < -0.4 is 5.32 Å². The van der Waals surface area contributed by atoms with Crippen LogP contribution in [0, 0.1) is 0 Å². The Morgan fingerprint density at radius 2 is 2.18 bits per heavy atom. The number of hydrogen-bond donors (Lipinski definition) is 1. The topological polar surface area (TPSA) is 55.4 Å². The predicted octanol–water partition coefficient (Wildman–Crippen LogP) is -0.418. The Morgan fingerprint density at radius 1 is 1.36 bits per heavy atom. The van der Waals surface area contributed by atoms with Gasteiger partial charge in [-0.3, -0.25) is 4.79 Å². The highest BCUT2D eigenvalue weighted by Crippen LogP contribution is 2.29. The van der Waals surface area contributed by atoms with Gasteiger partial charge in [0.25, 0.3) is 0 Å². The Morgan fingerprint density at radius 3 is 2.64 bits per heavy atom. The van der Waals surface area contributed by atoms with E-state index in [1.807, 2.05) is 0 Å². The standard InChI is InChI=1S/C7H9NO3/c9-5-1-2-7(8-5)3-4-11-6(7)10/h1-4H2,(H,8,9)/t7-/m1/s1. The van der Waals surface area contributed by atoms with Gasteiger partial charge in [-0.2, -0.15) is 0 Å². The predicted molar refractivity (Wildman–Crippen MR) is 35.7 cm³/mol. The highest BCUT2D eigenvalue weighted by molar-refractivity contribution is 5.92. The van der Waals surface area contributed by atoms with Gasteiger partial charge >= 0.3 is 5.97 Å². The minimum Gasteiger partial charge on any atom is -0.464 e. The van der Waals surface area contributed by atoms with E-state index in [4.69, 9.17) is 4.74 Å². The molecule has 2 rings (SSSR count). The van der Waals surface area contributed by atoms with Crippen molar-refractivity contribution in [3.05, 3.63) is 0 Å². The Balaban J connectivity index is 2.22. The first-order valence-corrected chi connectivity index (χ1v) is 3.71. The molecule has 2 fully saturated rings. The average Bonchev–Trinajstić information content (AvgIpc) is 2.46. The first-order chi connectivity index (χ1) is 5.23. The molecule has 11 heavy (non-hydrogen) atoms. The van der Waals surface area contributed by atoms with Crippen molar-refractivity contribution < 1.29 is 14.3 Å². The quantitative estimate of drug-likeness (QED) is 0.483. The molecular formula is C7H9NO3. The van der Waals surface area contributed by atoms with Crippen LogP contribution in [0.1, 0.15) is 19.3 Å². The SMILES string of the molecule is O=C1CC[C@]2(CCOC2=O)N1. The van der Waals surface area contributed by atoms with Crippen molar-refractivity contribution in [3.63, 3.8) is 0 Å². The lowest BCUT2D eigenvalue weighted by Crippen LogP contribution is -2.45. The average molecular weight is 155 g/mol. The zero-order chi connectivity index (χ0) is 7.90. The van der Waals surface area contributed by atoms with Gasteiger partial charge in [0.15, 0.2) is 0 Å². The monoisotopic (exact) mass is 155 g/mol. The van der Waals surface area contributed by atoms with Crippen LogP contribution in [-0.2, 0) is 14.3 Å². The van der Waals surface area contributed by atoms with Gasteiger partial charge in [-0.05, 0) is 6.42 Å². The van der Waals surface area contributed by atoms with Crippen molar-refractivity contribution >= 4 is 11.9 Å². The summed E-state index contributed by atoms with van der Waals surface area (Å²) in [5.41, 5.74) is -0.642. The smallest absolute Gasteiger partial charge is 0.332 e. The van der Waals surface area contributed by atoms with Gasteiger partial charge in [-0.15, -0.1) is 0 Å². The van der Waals surface area contributed by atoms with E-state index in [1.54, 1.807) is 0 Å². The minimum atomic E-state index is -0.642. The van der Waals surface area contributed by atoms with Crippen LogP contribution in [-0.4, -0.2) is 24.0 Å². The second-order valence-electron chi connectivity index (χ2n) is 3.02. The van der Waals surface area contributed by atoms with Gasteiger partial charge < -0.3 is 10.1 Å². The molecule has 4 nitrogen and oxygen atoms in total. The van der Waals surface area contributed by atoms with Crippen LogP contribution in [0.15, 0.2) is 0 Å². The molecule has 2 aliphatic heterocycles. The summed E-state index contributed by atoms with van der Waals surface area (Å²) in [7, 11) is 0. The van der Waals surface area contributed by atoms with Gasteiger partial charge in [0.2, 0.25) is 5.91 Å². The van der Waals surface area contributed by atoms with Crippen molar-refractivity contribution in [3.8, 4) is 0 Å². The Labute approximate surface area is 63.9 Å². The normalized spacial score (nSPS) is 36.0. The lowest BCUT2D eigenvalue weighted by Gasteiger charge is -2.16. The highest BCUT2D eigenvalue weighted by Gasteiger charge is 2.49. The molecular weight excluding hydrogens is 146 g/mol. The number of amides is 1. The van der Waals surface area contributed by atoms with Crippen molar-refractivity contribution in [2.75, 3.05) is 6.61 Å².